The lowest BCUT2D eigenvalue weighted by Crippen LogP contribution is -2.30. The molecule has 6 heteroatoms. The van der Waals surface area contributed by atoms with Crippen LogP contribution in [0.25, 0.3) is 0 Å². The Labute approximate surface area is 397 Å². The zero-order chi connectivity index (χ0) is 46.5. The highest BCUT2D eigenvalue weighted by Gasteiger charge is 2.19. The van der Waals surface area contributed by atoms with Crippen LogP contribution in [0.3, 0.4) is 0 Å². The van der Waals surface area contributed by atoms with E-state index in [1.54, 1.807) is 0 Å². The van der Waals surface area contributed by atoms with E-state index < -0.39 is 6.10 Å². The first-order valence-corrected chi connectivity index (χ1v) is 28.0. The Balaban J connectivity index is 4.36. The van der Waals surface area contributed by atoms with Crippen LogP contribution in [0, 0.1) is 0 Å². The average molecular weight is 899 g/mol. The van der Waals surface area contributed by atoms with E-state index >= 15 is 0 Å². The molecule has 1 atom stereocenters. The largest absolute Gasteiger partial charge is 0.462 e. The van der Waals surface area contributed by atoms with Crippen molar-refractivity contribution in [2.24, 2.45) is 0 Å². The Bertz CT molecular complexity index is 1080. The smallest absolute Gasteiger partial charge is 0.306 e. The summed E-state index contributed by atoms with van der Waals surface area (Å²) in [5.74, 6) is -0.876. The van der Waals surface area contributed by atoms with Crippen molar-refractivity contribution in [2.75, 3.05) is 13.2 Å². The Morgan fingerprint density at radius 3 is 0.953 bits per heavy atom. The van der Waals surface area contributed by atoms with E-state index in [9.17, 15) is 14.4 Å². The van der Waals surface area contributed by atoms with Gasteiger partial charge in [0.15, 0.2) is 6.10 Å². The van der Waals surface area contributed by atoms with Crippen molar-refractivity contribution in [3.8, 4) is 0 Å². The van der Waals surface area contributed by atoms with Gasteiger partial charge in [-0.25, -0.2) is 0 Å². The summed E-state index contributed by atoms with van der Waals surface area (Å²) in [5.41, 5.74) is 0. The highest BCUT2D eigenvalue weighted by Crippen LogP contribution is 2.16. The van der Waals surface area contributed by atoms with E-state index in [2.05, 4.69) is 57.2 Å². The Hall–Kier alpha value is -2.37. The number of esters is 3. The molecule has 0 radical (unpaired) electrons. The molecule has 0 aliphatic rings. The van der Waals surface area contributed by atoms with Gasteiger partial charge in [-0.05, 0) is 70.6 Å². The van der Waals surface area contributed by atoms with Gasteiger partial charge in [0.2, 0.25) is 0 Å². The van der Waals surface area contributed by atoms with E-state index in [0.29, 0.717) is 19.3 Å². The molecule has 1 unspecified atom stereocenters. The van der Waals surface area contributed by atoms with Gasteiger partial charge in [0.25, 0.3) is 0 Å². The first-order valence-electron chi connectivity index (χ1n) is 28.0. The predicted octanol–water partition coefficient (Wildman–Crippen LogP) is 18.5. The number of unbranched alkanes of at least 4 members (excludes halogenated alkanes) is 34. The van der Waals surface area contributed by atoms with E-state index in [1.807, 2.05) is 0 Å². The SMILES string of the molecule is CC/C=C\C/C=C\CCCCCCCCCC(=O)OCC(COC(=O)CCCCCCC/C=C\CCCCCCCCC)OC(=O)CCCCCCCCCCCCCCCCCC. The molecule has 374 valence electrons. The molecule has 6 nitrogen and oxygen atoms in total. The minimum Gasteiger partial charge on any atom is -0.462 e. The molecule has 0 aromatic heterocycles. The fourth-order valence-electron chi connectivity index (χ4n) is 8.18. The average Bonchev–Trinajstić information content (AvgIpc) is 3.29. The zero-order valence-electron chi connectivity index (χ0n) is 42.8. The maximum atomic E-state index is 12.8. The van der Waals surface area contributed by atoms with Gasteiger partial charge in [-0.2, -0.15) is 0 Å². The molecule has 64 heavy (non-hydrogen) atoms. The van der Waals surface area contributed by atoms with Crippen LogP contribution < -0.4 is 0 Å². The third-order valence-corrected chi connectivity index (χ3v) is 12.4. The van der Waals surface area contributed by atoms with Crippen LogP contribution in [0.4, 0.5) is 0 Å². The summed E-state index contributed by atoms with van der Waals surface area (Å²) in [6.45, 7) is 6.55. The Morgan fingerprint density at radius 2 is 0.609 bits per heavy atom. The molecule has 0 fully saturated rings. The lowest BCUT2D eigenvalue weighted by atomic mass is 10.0. The first-order chi connectivity index (χ1) is 31.5. The maximum Gasteiger partial charge on any atom is 0.306 e. The van der Waals surface area contributed by atoms with Crippen LogP contribution in [0.2, 0.25) is 0 Å². The maximum absolute atomic E-state index is 12.8. The molecule has 0 aromatic rings. The second-order valence-electron chi connectivity index (χ2n) is 18.8. The molecule has 0 spiro atoms. The van der Waals surface area contributed by atoms with Crippen molar-refractivity contribution < 1.29 is 28.6 Å². The third-order valence-electron chi connectivity index (χ3n) is 12.4. The lowest BCUT2D eigenvalue weighted by molar-refractivity contribution is -0.167. The number of allylic oxidation sites excluding steroid dienone is 6. The van der Waals surface area contributed by atoms with Crippen molar-refractivity contribution in [3.63, 3.8) is 0 Å². The normalized spacial score (nSPS) is 12.2. The highest BCUT2D eigenvalue weighted by atomic mass is 16.6. The number of ether oxygens (including phenoxy) is 3. The van der Waals surface area contributed by atoms with E-state index in [-0.39, 0.29) is 31.1 Å². The number of hydrogen-bond acceptors (Lipinski definition) is 6. The van der Waals surface area contributed by atoms with Crippen molar-refractivity contribution in [1.82, 2.24) is 0 Å². The highest BCUT2D eigenvalue weighted by molar-refractivity contribution is 5.71. The van der Waals surface area contributed by atoms with Gasteiger partial charge in [-0.3, -0.25) is 14.4 Å². The van der Waals surface area contributed by atoms with Crippen LogP contribution in [0.5, 0.6) is 0 Å². The second-order valence-corrected chi connectivity index (χ2v) is 18.8. The topological polar surface area (TPSA) is 78.9 Å². The summed E-state index contributed by atoms with van der Waals surface area (Å²) >= 11 is 0. The summed E-state index contributed by atoms with van der Waals surface area (Å²) in [6.07, 6.45) is 62.7. The second kappa shape index (κ2) is 53.2. The predicted molar refractivity (Wildman–Crippen MR) is 275 cm³/mol. The fourth-order valence-corrected chi connectivity index (χ4v) is 8.18. The van der Waals surface area contributed by atoms with E-state index in [4.69, 9.17) is 14.2 Å². The van der Waals surface area contributed by atoms with Crippen LogP contribution >= 0.6 is 0 Å². The number of rotatable bonds is 51. The van der Waals surface area contributed by atoms with Crippen molar-refractivity contribution in [3.05, 3.63) is 36.5 Å². The molecule has 0 amide bonds. The zero-order valence-corrected chi connectivity index (χ0v) is 42.8. The molecule has 0 bridgehead atoms. The van der Waals surface area contributed by atoms with Crippen molar-refractivity contribution in [1.29, 1.82) is 0 Å². The molecule has 0 saturated heterocycles. The molecule has 0 aliphatic heterocycles. The number of carbonyl (C=O) groups excluding carboxylic acids is 3. The minimum absolute atomic E-state index is 0.0757. The van der Waals surface area contributed by atoms with Gasteiger partial charge in [-0.15, -0.1) is 0 Å². The molecular weight excluding hydrogens is 793 g/mol. The summed E-state index contributed by atoms with van der Waals surface area (Å²) in [5, 5.41) is 0. The standard InChI is InChI=1S/C58H106O6/c1-4-7-10-13-16-19-22-25-28-30-33-36-39-42-45-48-51-57(60)63-54-55(53-62-56(59)50-47-44-41-38-35-32-27-24-21-18-15-12-9-6-3)64-58(61)52-49-46-43-40-37-34-31-29-26-23-20-17-14-11-8-5-2/h9,12,18,21,28,30,55H,4-8,10-11,13-17,19-20,22-27,29,31-54H2,1-3H3/b12-9-,21-18-,30-28-. The summed E-state index contributed by atoms with van der Waals surface area (Å²) in [6, 6.07) is 0. The van der Waals surface area contributed by atoms with Gasteiger partial charge in [-0.1, -0.05) is 243 Å². The van der Waals surface area contributed by atoms with Gasteiger partial charge >= 0.3 is 17.9 Å². The van der Waals surface area contributed by atoms with Gasteiger partial charge in [0, 0.05) is 19.3 Å². The Kier molecular flexibility index (Phi) is 51.3. The van der Waals surface area contributed by atoms with Crippen LogP contribution in [0.15, 0.2) is 36.5 Å². The molecule has 0 heterocycles. The van der Waals surface area contributed by atoms with E-state index in [0.717, 1.165) is 83.5 Å². The lowest BCUT2D eigenvalue weighted by Gasteiger charge is -2.18. The summed E-state index contributed by atoms with van der Waals surface area (Å²) in [7, 11) is 0. The van der Waals surface area contributed by atoms with Crippen molar-refractivity contribution >= 4 is 17.9 Å². The third kappa shape index (κ3) is 50.6. The van der Waals surface area contributed by atoms with Crippen LogP contribution in [0.1, 0.15) is 297 Å². The molecular formula is C58H106O6. The van der Waals surface area contributed by atoms with Gasteiger partial charge < -0.3 is 14.2 Å². The number of carbonyl (C=O) groups is 3. The summed E-state index contributed by atoms with van der Waals surface area (Å²) in [4.78, 5) is 38.1. The molecule has 0 aromatic carbocycles. The number of hydrogen-bond donors (Lipinski definition) is 0. The van der Waals surface area contributed by atoms with Gasteiger partial charge in [0.05, 0.1) is 0 Å². The fraction of sp³-hybridized carbons (Fsp3) is 0.845. The molecule has 0 rings (SSSR count). The Morgan fingerprint density at radius 1 is 0.328 bits per heavy atom. The quantitative estimate of drug-likeness (QED) is 0.0262. The summed E-state index contributed by atoms with van der Waals surface area (Å²) < 4.78 is 16.8. The van der Waals surface area contributed by atoms with E-state index in [1.165, 1.54) is 173 Å². The molecule has 0 N–H and O–H groups in total. The van der Waals surface area contributed by atoms with Crippen LogP contribution in [-0.2, 0) is 28.6 Å². The molecule has 0 aliphatic carbocycles. The van der Waals surface area contributed by atoms with Gasteiger partial charge in [0.1, 0.15) is 13.2 Å². The monoisotopic (exact) mass is 899 g/mol. The minimum atomic E-state index is -0.775. The van der Waals surface area contributed by atoms with Crippen molar-refractivity contribution in [2.45, 2.75) is 303 Å². The van der Waals surface area contributed by atoms with Crippen LogP contribution in [-0.4, -0.2) is 37.2 Å². The first kappa shape index (κ1) is 61.6. The molecule has 0 saturated carbocycles.